The van der Waals surface area contributed by atoms with Crippen molar-refractivity contribution in [2.24, 2.45) is 5.73 Å². The summed E-state index contributed by atoms with van der Waals surface area (Å²) < 4.78 is 0. The van der Waals surface area contributed by atoms with Gasteiger partial charge in [0.25, 0.3) is 0 Å². The number of hydrogen-bond acceptors (Lipinski definition) is 4. The zero-order chi connectivity index (χ0) is 15.0. The second-order valence-corrected chi connectivity index (χ2v) is 6.05. The number of amides is 1. The first kappa shape index (κ1) is 13.8. The zero-order valence-corrected chi connectivity index (χ0v) is 12.4. The summed E-state index contributed by atoms with van der Waals surface area (Å²) in [5.41, 5.74) is 6.83. The molecule has 5 heteroatoms. The van der Waals surface area contributed by atoms with Crippen molar-refractivity contribution in [2.45, 2.75) is 19.4 Å². The van der Waals surface area contributed by atoms with E-state index in [0.717, 1.165) is 36.4 Å². The van der Waals surface area contributed by atoms with Gasteiger partial charge in [0.05, 0.1) is 11.1 Å². The molecule has 0 aliphatic carbocycles. The zero-order valence-electron chi connectivity index (χ0n) is 12.4. The maximum atomic E-state index is 11.8. The number of pyridine rings is 1. The Hall–Kier alpha value is -2.14. The van der Waals surface area contributed by atoms with Crippen molar-refractivity contribution in [3.05, 3.63) is 35.9 Å². The summed E-state index contributed by atoms with van der Waals surface area (Å²) in [6, 6.07) is 9.44. The van der Waals surface area contributed by atoms with E-state index in [1.165, 1.54) is 0 Å². The summed E-state index contributed by atoms with van der Waals surface area (Å²) in [6.45, 7) is 6.98. The topological polar surface area (TPSA) is 71.2 Å². The van der Waals surface area contributed by atoms with Crippen molar-refractivity contribution >= 4 is 22.6 Å². The van der Waals surface area contributed by atoms with Crippen molar-refractivity contribution in [3.63, 3.8) is 0 Å². The number of para-hydroxylation sites is 1. The lowest BCUT2D eigenvalue weighted by Gasteiger charge is -2.43. The van der Waals surface area contributed by atoms with Crippen molar-refractivity contribution in [2.75, 3.05) is 24.5 Å². The van der Waals surface area contributed by atoms with E-state index in [4.69, 9.17) is 10.7 Å². The highest BCUT2D eigenvalue weighted by atomic mass is 16.1. The van der Waals surface area contributed by atoms with Crippen LogP contribution in [0.2, 0.25) is 0 Å². The summed E-state index contributed by atoms with van der Waals surface area (Å²) in [5.74, 6) is 0.400. The van der Waals surface area contributed by atoms with Gasteiger partial charge in [-0.25, -0.2) is 4.98 Å². The van der Waals surface area contributed by atoms with Gasteiger partial charge in [0, 0.05) is 30.6 Å². The molecule has 5 nitrogen and oxygen atoms in total. The molecule has 0 bridgehead atoms. The van der Waals surface area contributed by atoms with Crippen molar-refractivity contribution in [3.8, 4) is 0 Å². The number of hydrogen-bond donors (Lipinski definition) is 2. The van der Waals surface area contributed by atoms with Gasteiger partial charge in [0.15, 0.2) is 0 Å². The van der Waals surface area contributed by atoms with E-state index in [0.29, 0.717) is 5.56 Å². The third-order valence-corrected chi connectivity index (χ3v) is 4.05. The van der Waals surface area contributed by atoms with Crippen LogP contribution in [0, 0.1) is 0 Å². The van der Waals surface area contributed by atoms with Crippen LogP contribution in [0.4, 0.5) is 5.82 Å². The van der Waals surface area contributed by atoms with E-state index in [-0.39, 0.29) is 5.54 Å². The highest BCUT2D eigenvalue weighted by Crippen LogP contribution is 2.28. The fourth-order valence-electron chi connectivity index (χ4n) is 2.91. The molecule has 1 aliphatic heterocycles. The van der Waals surface area contributed by atoms with Gasteiger partial charge in [-0.1, -0.05) is 18.2 Å². The van der Waals surface area contributed by atoms with Crippen molar-refractivity contribution in [1.82, 2.24) is 10.3 Å². The molecular weight excluding hydrogens is 264 g/mol. The molecular formula is C16H20N4O. The van der Waals surface area contributed by atoms with E-state index in [1.807, 2.05) is 30.3 Å². The van der Waals surface area contributed by atoms with Crippen LogP contribution in [0.15, 0.2) is 30.3 Å². The average molecular weight is 284 g/mol. The summed E-state index contributed by atoms with van der Waals surface area (Å²) in [7, 11) is 0. The molecule has 0 saturated carbocycles. The highest BCUT2D eigenvalue weighted by molar-refractivity contribution is 6.06. The minimum atomic E-state index is -0.414. The van der Waals surface area contributed by atoms with Gasteiger partial charge in [0.2, 0.25) is 5.91 Å². The molecule has 1 aliphatic rings. The Morgan fingerprint density at radius 2 is 2.14 bits per heavy atom. The SMILES string of the molecule is CC1(C)CNCCN1c1cc(C(N)=O)c2ccccc2n1. The number of nitrogens with zero attached hydrogens (tertiary/aromatic N) is 2. The Morgan fingerprint density at radius 3 is 2.86 bits per heavy atom. The molecule has 1 saturated heterocycles. The molecule has 110 valence electrons. The maximum absolute atomic E-state index is 11.8. The summed E-state index contributed by atoms with van der Waals surface area (Å²) in [6.07, 6.45) is 0. The highest BCUT2D eigenvalue weighted by Gasteiger charge is 2.31. The fourth-order valence-corrected chi connectivity index (χ4v) is 2.91. The van der Waals surface area contributed by atoms with Gasteiger partial charge in [-0.05, 0) is 26.0 Å². The lowest BCUT2D eigenvalue weighted by molar-refractivity contribution is 0.100. The second-order valence-electron chi connectivity index (χ2n) is 6.05. The second kappa shape index (κ2) is 5.00. The number of rotatable bonds is 2. The van der Waals surface area contributed by atoms with E-state index in [1.54, 1.807) is 0 Å². The lowest BCUT2D eigenvalue weighted by atomic mass is 9.99. The van der Waals surface area contributed by atoms with Crippen molar-refractivity contribution < 1.29 is 4.79 Å². The van der Waals surface area contributed by atoms with Crippen molar-refractivity contribution in [1.29, 1.82) is 0 Å². The third-order valence-electron chi connectivity index (χ3n) is 4.05. The molecule has 21 heavy (non-hydrogen) atoms. The molecule has 1 aromatic heterocycles. The molecule has 0 spiro atoms. The first-order valence-electron chi connectivity index (χ1n) is 7.17. The van der Waals surface area contributed by atoms with E-state index >= 15 is 0 Å². The standard InChI is InChI=1S/C16H20N4O/c1-16(2)10-18-7-8-20(16)14-9-12(15(17)21)11-5-3-4-6-13(11)19-14/h3-6,9,18H,7-8,10H2,1-2H3,(H2,17,21). The van der Waals surface area contributed by atoms with Crippen LogP contribution in [0.25, 0.3) is 10.9 Å². The minimum Gasteiger partial charge on any atom is -0.366 e. The molecule has 3 N–H and O–H groups in total. The monoisotopic (exact) mass is 284 g/mol. The molecule has 1 amide bonds. The van der Waals surface area contributed by atoms with Crippen LogP contribution < -0.4 is 16.0 Å². The summed E-state index contributed by atoms with van der Waals surface area (Å²) in [5, 5.41) is 4.20. The number of primary amides is 1. The normalized spacial score (nSPS) is 17.9. The number of aromatic nitrogens is 1. The van der Waals surface area contributed by atoms with E-state index in [2.05, 4.69) is 24.1 Å². The predicted octanol–water partition coefficient (Wildman–Crippen LogP) is 1.52. The largest absolute Gasteiger partial charge is 0.366 e. The minimum absolute atomic E-state index is 0.0530. The Kier molecular flexibility index (Phi) is 3.29. The average Bonchev–Trinajstić information content (AvgIpc) is 2.45. The molecule has 1 aromatic carbocycles. The predicted molar refractivity (Wildman–Crippen MR) is 84.6 cm³/mol. The number of anilines is 1. The van der Waals surface area contributed by atoms with E-state index < -0.39 is 5.91 Å². The Balaban J connectivity index is 2.17. The van der Waals surface area contributed by atoms with Crippen LogP contribution in [-0.2, 0) is 0 Å². The molecule has 1 fully saturated rings. The summed E-state index contributed by atoms with van der Waals surface area (Å²) >= 11 is 0. The molecule has 0 radical (unpaired) electrons. The van der Waals surface area contributed by atoms with Gasteiger partial charge in [0.1, 0.15) is 5.82 Å². The van der Waals surface area contributed by atoms with Crippen LogP contribution in [0.1, 0.15) is 24.2 Å². The molecule has 3 rings (SSSR count). The Bertz CT molecular complexity index is 696. The lowest BCUT2D eigenvalue weighted by Crippen LogP contribution is -2.58. The molecule has 0 atom stereocenters. The number of nitrogens with two attached hydrogens (primary N) is 1. The summed E-state index contributed by atoms with van der Waals surface area (Å²) in [4.78, 5) is 18.7. The van der Waals surface area contributed by atoms with Crippen LogP contribution >= 0.6 is 0 Å². The molecule has 2 heterocycles. The first-order chi connectivity index (χ1) is 9.99. The Morgan fingerprint density at radius 1 is 1.38 bits per heavy atom. The van der Waals surface area contributed by atoms with Gasteiger partial charge < -0.3 is 16.0 Å². The first-order valence-corrected chi connectivity index (χ1v) is 7.17. The van der Waals surface area contributed by atoms with Gasteiger partial charge in [-0.3, -0.25) is 4.79 Å². The number of piperazine rings is 1. The maximum Gasteiger partial charge on any atom is 0.249 e. The van der Waals surface area contributed by atoms with Gasteiger partial charge in [-0.2, -0.15) is 0 Å². The number of nitrogens with one attached hydrogen (secondary N) is 1. The third kappa shape index (κ3) is 2.45. The fraction of sp³-hybridized carbons (Fsp3) is 0.375. The number of carbonyl (C=O) groups excluding carboxylic acids is 1. The van der Waals surface area contributed by atoms with Gasteiger partial charge in [-0.15, -0.1) is 0 Å². The van der Waals surface area contributed by atoms with Crippen LogP contribution in [0.3, 0.4) is 0 Å². The van der Waals surface area contributed by atoms with Crippen LogP contribution in [-0.4, -0.2) is 36.1 Å². The number of benzene rings is 1. The van der Waals surface area contributed by atoms with E-state index in [9.17, 15) is 4.79 Å². The van der Waals surface area contributed by atoms with Gasteiger partial charge >= 0.3 is 0 Å². The Labute approximate surface area is 124 Å². The number of fused-ring (bicyclic) bond motifs is 1. The smallest absolute Gasteiger partial charge is 0.249 e. The van der Waals surface area contributed by atoms with Crippen LogP contribution in [0.5, 0.6) is 0 Å². The molecule has 2 aromatic rings. The molecule has 0 unspecified atom stereocenters. The quantitative estimate of drug-likeness (QED) is 0.877. The number of carbonyl (C=O) groups is 1.